The minimum Gasteiger partial charge on any atom is -0.477 e. The van der Waals surface area contributed by atoms with E-state index in [2.05, 4.69) is 24.4 Å². The Morgan fingerprint density at radius 1 is 1.20 bits per heavy atom. The monoisotopic (exact) mass is 387 g/mol. The zero-order valence-corrected chi connectivity index (χ0v) is 15.7. The maximum Gasteiger partial charge on any atom is 0.352 e. The number of halogens is 1. The SMILES string of the molecule is Cc1csc(-c2cc3cc(C(=O)O)n(Cc4cccc(Cl)c4)c3s2)c1. The second kappa shape index (κ2) is 6.33. The van der Waals surface area contributed by atoms with Crippen molar-refractivity contribution in [2.45, 2.75) is 13.5 Å². The summed E-state index contributed by atoms with van der Waals surface area (Å²) in [5.41, 5.74) is 2.52. The number of carboxylic acid groups (broad SMARTS) is 1. The molecule has 4 aromatic rings. The highest BCUT2D eigenvalue weighted by atomic mass is 35.5. The fourth-order valence-corrected chi connectivity index (χ4v) is 5.23. The van der Waals surface area contributed by atoms with E-state index in [0.717, 1.165) is 15.8 Å². The first-order chi connectivity index (χ1) is 12.0. The Kier molecular flexibility index (Phi) is 4.15. The molecule has 3 nitrogen and oxygen atoms in total. The van der Waals surface area contributed by atoms with Gasteiger partial charge in [0.05, 0.1) is 0 Å². The van der Waals surface area contributed by atoms with Gasteiger partial charge in [-0.3, -0.25) is 0 Å². The van der Waals surface area contributed by atoms with Crippen LogP contribution in [0.4, 0.5) is 0 Å². The molecular weight excluding hydrogens is 374 g/mol. The highest BCUT2D eigenvalue weighted by molar-refractivity contribution is 7.25. The Labute approximate surface area is 157 Å². The molecule has 0 radical (unpaired) electrons. The number of thiophene rings is 2. The van der Waals surface area contributed by atoms with Crippen molar-refractivity contribution in [2.75, 3.05) is 0 Å². The highest BCUT2D eigenvalue weighted by Gasteiger charge is 2.18. The summed E-state index contributed by atoms with van der Waals surface area (Å²) in [7, 11) is 0. The third kappa shape index (κ3) is 3.11. The molecule has 126 valence electrons. The molecule has 0 saturated heterocycles. The van der Waals surface area contributed by atoms with Crippen molar-refractivity contribution in [3.63, 3.8) is 0 Å². The first kappa shape index (κ1) is 16.4. The minimum absolute atomic E-state index is 0.301. The first-order valence-corrected chi connectivity index (χ1v) is 9.75. The van der Waals surface area contributed by atoms with Crippen molar-refractivity contribution in [1.82, 2.24) is 4.57 Å². The molecule has 4 rings (SSSR count). The molecule has 0 unspecified atom stereocenters. The number of aryl methyl sites for hydroxylation is 1. The largest absolute Gasteiger partial charge is 0.477 e. The van der Waals surface area contributed by atoms with Gasteiger partial charge < -0.3 is 9.67 Å². The summed E-state index contributed by atoms with van der Waals surface area (Å²) in [6.45, 7) is 2.56. The number of aromatic nitrogens is 1. The van der Waals surface area contributed by atoms with E-state index in [0.29, 0.717) is 17.3 Å². The number of rotatable bonds is 4. The Morgan fingerprint density at radius 2 is 2.04 bits per heavy atom. The van der Waals surface area contributed by atoms with E-state index < -0.39 is 5.97 Å². The quantitative estimate of drug-likeness (QED) is 0.457. The first-order valence-electron chi connectivity index (χ1n) is 7.67. The van der Waals surface area contributed by atoms with E-state index in [1.807, 2.05) is 28.8 Å². The van der Waals surface area contributed by atoms with Gasteiger partial charge in [-0.05, 0) is 53.8 Å². The van der Waals surface area contributed by atoms with Gasteiger partial charge in [0.15, 0.2) is 0 Å². The number of hydrogen-bond donors (Lipinski definition) is 1. The lowest BCUT2D eigenvalue weighted by molar-refractivity contribution is 0.0686. The van der Waals surface area contributed by atoms with Crippen LogP contribution in [-0.4, -0.2) is 15.6 Å². The number of fused-ring (bicyclic) bond motifs is 1. The molecule has 3 aromatic heterocycles. The van der Waals surface area contributed by atoms with Crippen molar-refractivity contribution in [1.29, 1.82) is 0 Å². The molecular formula is C19H14ClNO2S2. The van der Waals surface area contributed by atoms with E-state index in [9.17, 15) is 9.90 Å². The lowest BCUT2D eigenvalue weighted by atomic mass is 10.2. The summed E-state index contributed by atoms with van der Waals surface area (Å²) in [6, 6.07) is 13.5. The van der Waals surface area contributed by atoms with Crippen LogP contribution in [0.2, 0.25) is 5.02 Å². The number of nitrogens with zero attached hydrogens (tertiary/aromatic N) is 1. The van der Waals surface area contributed by atoms with Crippen LogP contribution in [-0.2, 0) is 6.54 Å². The zero-order valence-electron chi connectivity index (χ0n) is 13.3. The predicted octanol–water partition coefficient (Wildman–Crippen LogP) is 6.14. The summed E-state index contributed by atoms with van der Waals surface area (Å²) >= 11 is 9.41. The van der Waals surface area contributed by atoms with E-state index in [-0.39, 0.29) is 0 Å². The van der Waals surface area contributed by atoms with Crippen LogP contribution >= 0.6 is 34.3 Å². The average molecular weight is 388 g/mol. The summed E-state index contributed by atoms with van der Waals surface area (Å²) in [5, 5.41) is 13.3. The molecule has 0 aliphatic heterocycles. The second-order valence-electron chi connectivity index (χ2n) is 5.91. The van der Waals surface area contributed by atoms with Crippen LogP contribution in [0.15, 0.2) is 47.8 Å². The number of carbonyl (C=O) groups is 1. The van der Waals surface area contributed by atoms with Crippen molar-refractivity contribution >= 4 is 50.5 Å². The Hall–Kier alpha value is -2.08. The fourth-order valence-electron chi connectivity index (χ4n) is 2.88. The molecule has 1 aromatic carbocycles. The van der Waals surface area contributed by atoms with Crippen LogP contribution in [0, 0.1) is 6.92 Å². The molecule has 0 bridgehead atoms. The topological polar surface area (TPSA) is 42.2 Å². The normalized spacial score (nSPS) is 11.3. The molecule has 0 atom stereocenters. The van der Waals surface area contributed by atoms with Crippen molar-refractivity contribution in [3.05, 3.63) is 69.7 Å². The van der Waals surface area contributed by atoms with Crippen LogP contribution in [0.1, 0.15) is 21.6 Å². The van der Waals surface area contributed by atoms with Gasteiger partial charge in [0, 0.05) is 26.7 Å². The van der Waals surface area contributed by atoms with Crippen molar-refractivity contribution in [2.24, 2.45) is 0 Å². The van der Waals surface area contributed by atoms with Gasteiger partial charge in [0.2, 0.25) is 0 Å². The maximum atomic E-state index is 11.7. The minimum atomic E-state index is -0.918. The zero-order chi connectivity index (χ0) is 17.6. The predicted molar refractivity (Wildman–Crippen MR) is 105 cm³/mol. The van der Waals surface area contributed by atoms with Crippen LogP contribution in [0.5, 0.6) is 0 Å². The van der Waals surface area contributed by atoms with Gasteiger partial charge in [-0.2, -0.15) is 0 Å². The summed E-state index contributed by atoms with van der Waals surface area (Å²) in [4.78, 5) is 15.0. The van der Waals surface area contributed by atoms with Crippen LogP contribution < -0.4 is 0 Å². The lowest BCUT2D eigenvalue weighted by Gasteiger charge is -2.08. The van der Waals surface area contributed by atoms with Gasteiger partial charge in [0.25, 0.3) is 0 Å². The number of benzene rings is 1. The Bertz CT molecular complexity index is 1090. The van der Waals surface area contributed by atoms with E-state index in [4.69, 9.17) is 11.6 Å². The average Bonchev–Trinajstić information content (AvgIpc) is 3.23. The van der Waals surface area contributed by atoms with Crippen LogP contribution in [0.25, 0.3) is 20.0 Å². The third-order valence-corrected chi connectivity index (χ3v) is 6.64. The Balaban J connectivity index is 1.83. The lowest BCUT2D eigenvalue weighted by Crippen LogP contribution is -2.08. The van der Waals surface area contributed by atoms with E-state index in [1.165, 1.54) is 15.3 Å². The number of carboxylic acids is 1. The number of aromatic carboxylic acids is 1. The summed E-state index contributed by atoms with van der Waals surface area (Å²) < 4.78 is 1.86. The van der Waals surface area contributed by atoms with E-state index in [1.54, 1.807) is 28.7 Å². The van der Waals surface area contributed by atoms with Crippen LogP contribution in [0.3, 0.4) is 0 Å². The molecule has 0 aliphatic rings. The molecule has 25 heavy (non-hydrogen) atoms. The Morgan fingerprint density at radius 3 is 2.72 bits per heavy atom. The van der Waals surface area contributed by atoms with E-state index >= 15 is 0 Å². The molecule has 0 spiro atoms. The third-order valence-electron chi connectivity index (χ3n) is 3.99. The summed E-state index contributed by atoms with van der Waals surface area (Å²) in [5.74, 6) is -0.918. The summed E-state index contributed by atoms with van der Waals surface area (Å²) in [6.07, 6.45) is 0. The van der Waals surface area contributed by atoms with Crippen molar-refractivity contribution < 1.29 is 9.90 Å². The van der Waals surface area contributed by atoms with Gasteiger partial charge >= 0.3 is 5.97 Å². The van der Waals surface area contributed by atoms with Gasteiger partial charge in [-0.15, -0.1) is 22.7 Å². The second-order valence-corrected chi connectivity index (χ2v) is 8.29. The smallest absolute Gasteiger partial charge is 0.352 e. The molecule has 0 amide bonds. The number of hydrogen-bond acceptors (Lipinski definition) is 3. The van der Waals surface area contributed by atoms with Gasteiger partial charge in [-0.25, -0.2) is 4.79 Å². The van der Waals surface area contributed by atoms with Gasteiger partial charge in [-0.1, -0.05) is 23.7 Å². The standard InChI is InChI=1S/C19H14ClNO2S2/c1-11-5-16(24-10-11)17-8-13-7-15(19(22)23)21(18(13)25-17)9-12-3-2-4-14(20)6-12/h2-8,10H,9H2,1H3,(H,22,23). The molecule has 0 aliphatic carbocycles. The fraction of sp³-hybridized carbons (Fsp3) is 0.105. The van der Waals surface area contributed by atoms with Crippen molar-refractivity contribution in [3.8, 4) is 9.75 Å². The molecule has 1 N–H and O–H groups in total. The molecule has 3 heterocycles. The van der Waals surface area contributed by atoms with Gasteiger partial charge in [0.1, 0.15) is 10.5 Å². The highest BCUT2D eigenvalue weighted by Crippen LogP contribution is 2.38. The molecule has 0 saturated carbocycles. The molecule has 0 fully saturated rings. The maximum absolute atomic E-state index is 11.7. The molecule has 6 heteroatoms.